The lowest BCUT2D eigenvalue weighted by Gasteiger charge is -2.33. The molecule has 1 saturated heterocycles. The molecule has 1 aromatic carbocycles. The Morgan fingerprint density at radius 3 is 2.61 bits per heavy atom. The van der Waals surface area contributed by atoms with Gasteiger partial charge in [0, 0.05) is 37.6 Å². The van der Waals surface area contributed by atoms with Crippen molar-refractivity contribution in [1.82, 2.24) is 14.8 Å². The number of carbonyl (C=O) groups excluding carboxylic acids is 1. The normalized spacial score (nSPS) is 15.0. The number of amides is 1. The fraction of sp³-hybridized carbons (Fsp3) is 0.364. The first-order valence-electron chi connectivity index (χ1n) is 10.1. The number of methoxy groups -OCH3 is 2. The van der Waals surface area contributed by atoms with E-state index in [1.165, 1.54) is 4.88 Å². The summed E-state index contributed by atoms with van der Waals surface area (Å²) in [5, 5.41) is 8.29. The first-order chi connectivity index (χ1) is 15.1. The van der Waals surface area contributed by atoms with Gasteiger partial charge in [-0.05, 0) is 23.6 Å². The zero-order valence-electron chi connectivity index (χ0n) is 17.7. The van der Waals surface area contributed by atoms with Gasteiger partial charge in [-0.15, -0.1) is 22.7 Å². The minimum absolute atomic E-state index is 0.0551. The van der Waals surface area contributed by atoms with Crippen LogP contribution in [-0.4, -0.2) is 67.6 Å². The first kappa shape index (κ1) is 21.8. The summed E-state index contributed by atoms with van der Waals surface area (Å²) in [5.74, 6) is 1.24. The lowest BCUT2D eigenvalue weighted by molar-refractivity contribution is -0.117. The molecule has 7 nitrogen and oxygen atoms in total. The number of piperazine rings is 1. The van der Waals surface area contributed by atoms with Crippen LogP contribution in [-0.2, 0) is 11.3 Å². The van der Waals surface area contributed by atoms with E-state index in [0.717, 1.165) is 43.4 Å². The maximum Gasteiger partial charge on any atom is 0.238 e. The van der Waals surface area contributed by atoms with Crippen LogP contribution in [0.3, 0.4) is 0 Å². The number of hydrogen-bond acceptors (Lipinski definition) is 8. The summed E-state index contributed by atoms with van der Waals surface area (Å²) in [5.41, 5.74) is 1.69. The summed E-state index contributed by atoms with van der Waals surface area (Å²) in [6, 6.07) is 9.52. The number of ether oxygens (including phenoxy) is 2. The van der Waals surface area contributed by atoms with Crippen LogP contribution in [0.25, 0.3) is 10.6 Å². The summed E-state index contributed by atoms with van der Waals surface area (Å²) >= 11 is 3.43. The van der Waals surface area contributed by atoms with Crippen LogP contribution >= 0.6 is 22.7 Å². The Kier molecular flexibility index (Phi) is 7.18. The third-order valence-corrected chi connectivity index (χ3v) is 6.92. The minimum atomic E-state index is -0.0551. The zero-order valence-corrected chi connectivity index (χ0v) is 19.3. The Balaban J connectivity index is 1.25. The summed E-state index contributed by atoms with van der Waals surface area (Å²) < 4.78 is 10.6. The van der Waals surface area contributed by atoms with Crippen molar-refractivity contribution in [2.24, 2.45) is 0 Å². The van der Waals surface area contributed by atoms with Crippen molar-refractivity contribution in [1.29, 1.82) is 0 Å². The van der Waals surface area contributed by atoms with Gasteiger partial charge in [0.1, 0.15) is 16.5 Å². The molecule has 31 heavy (non-hydrogen) atoms. The van der Waals surface area contributed by atoms with E-state index < -0.39 is 0 Å². The van der Waals surface area contributed by atoms with Gasteiger partial charge >= 0.3 is 0 Å². The standard InChI is InChI=1S/C22H26N4O3S2/c1-28-16-5-6-19(29-2)17(12-16)23-21(27)13-25-7-9-26(10-8-25)14-22-24-18(15-31-22)20-4-3-11-30-20/h3-6,11-12,15H,7-10,13-14H2,1-2H3,(H,23,27). The molecule has 9 heteroatoms. The molecule has 0 aliphatic carbocycles. The van der Waals surface area contributed by atoms with Gasteiger partial charge in [-0.1, -0.05) is 6.07 Å². The van der Waals surface area contributed by atoms with Crippen molar-refractivity contribution in [2.45, 2.75) is 6.54 Å². The highest BCUT2D eigenvalue weighted by atomic mass is 32.1. The molecule has 3 aromatic rings. The predicted molar refractivity (Wildman–Crippen MR) is 125 cm³/mol. The van der Waals surface area contributed by atoms with Crippen molar-refractivity contribution < 1.29 is 14.3 Å². The number of carbonyl (C=O) groups is 1. The van der Waals surface area contributed by atoms with Crippen molar-refractivity contribution in [3.05, 3.63) is 46.1 Å². The van der Waals surface area contributed by atoms with Gasteiger partial charge in [0.25, 0.3) is 0 Å². The molecule has 0 bridgehead atoms. The number of thiazole rings is 1. The highest BCUT2D eigenvalue weighted by Crippen LogP contribution is 2.29. The Bertz CT molecular complexity index is 998. The largest absolute Gasteiger partial charge is 0.497 e. The summed E-state index contributed by atoms with van der Waals surface area (Å²) in [6.07, 6.45) is 0. The smallest absolute Gasteiger partial charge is 0.238 e. The van der Waals surface area contributed by atoms with Gasteiger partial charge in [-0.25, -0.2) is 4.98 Å². The molecule has 0 spiro atoms. The van der Waals surface area contributed by atoms with Crippen LogP contribution in [0.4, 0.5) is 5.69 Å². The van der Waals surface area contributed by atoms with E-state index in [0.29, 0.717) is 23.7 Å². The number of hydrogen-bond donors (Lipinski definition) is 1. The highest BCUT2D eigenvalue weighted by molar-refractivity contribution is 7.14. The van der Waals surface area contributed by atoms with Crippen molar-refractivity contribution in [3.63, 3.8) is 0 Å². The molecule has 0 atom stereocenters. The fourth-order valence-electron chi connectivity index (χ4n) is 3.52. The zero-order chi connectivity index (χ0) is 21.6. The maximum absolute atomic E-state index is 12.6. The van der Waals surface area contributed by atoms with Crippen LogP contribution in [0, 0.1) is 0 Å². The van der Waals surface area contributed by atoms with E-state index >= 15 is 0 Å². The average Bonchev–Trinajstić information content (AvgIpc) is 3.47. The van der Waals surface area contributed by atoms with E-state index in [1.807, 2.05) is 0 Å². The molecule has 1 aliphatic rings. The lowest BCUT2D eigenvalue weighted by Crippen LogP contribution is -2.48. The van der Waals surface area contributed by atoms with E-state index in [9.17, 15) is 4.79 Å². The van der Waals surface area contributed by atoms with E-state index in [-0.39, 0.29) is 5.91 Å². The molecular formula is C22H26N4O3S2. The third-order valence-electron chi connectivity index (χ3n) is 5.20. The predicted octanol–water partition coefficient (Wildman–Crippen LogP) is 3.65. The van der Waals surface area contributed by atoms with Crippen LogP contribution < -0.4 is 14.8 Å². The quantitative estimate of drug-likeness (QED) is 0.556. The van der Waals surface area contributed by atoms with Gasteiger partial charge in [0.05, 0.1) is 43.6 Å². The van der Waals surface area contributed by atoms with E-state index in [1.54, 1.807) is 55.1 Å². The number of benzene rings is 1. The number of nitrogens with one attached hydrogen (secondary N) is 1. The van der Waals surface area contributed by atoms with Gasteiger partial charge in [0.2, 0.25) is 5.91 Å². The Morgan fingerprint density at radius 2 is 1.90 bits per heavy atom. The van der Waals surface area contributed by atoms with Crippen LogP contribution in [0.1, 0.15) is 5.01 Å². The van der Waals surface area contributed by atoms with Gasteiger partial charge < -0.3 is 14.8 Å². The molecule has 0 radical (unpaired) electrons. The minimum Gasteiger partial charge on any atom is -0.497 e. The number of rotatable bonds is 8. The third kappa shape index (κ3) is 5.62. The molecule has 164 valence electrons. The fourth-order valence-corrected chi connectivity index (χ4v) is 5.12. The number of nitrogens with zero attached hydrogens (tertiary/aromatic N) is 3. The Morgan fingerprint density at radius 1 is 1.10 bits per heavy atom. The highest BCUT2D eigenvalue weighted by Gasteiger charge is 2.21. The van der Waals surface area contributed by atoms with Crippen LogP contribution in [0.5, 0.6) is 11.5 Å². The second-order valence-electron chi connectivity index (χ2n) is 7.27. The van der Waals surface area contributed by atoms with E-state index in [4.69, 9.17) is 14.5 Å². The SMILES string of the molecule is COc1ccc(OC)c(NC(=O)CN2CCN(Cc3nc(-c4cccs4)cs3)CC2)c1. The van der Waals surface area contributed by atoms with Crippen molar-refractivity contribution in [2.75, 3.05) is 52.3 Å². The maximum atomic E-state index is 12.6. The average molecular weight is 459 g/mol. The molecule has 1 amide bonds. The number of anilines is 1. The van der Waals surface area contributed by atoms with Crippen LogP contribution in [0.2, 0.25) is 0 Å². The second-order valence-corrected chi connectivity index (χ2v) is 9.16. The van der Waals surface area contributed by atoms with E-state index in [2.05, 4.69) is 38.0 Å². The summed E-state index contributed by atoms with van der Waals surface area (Å²) in [6.45, 7) is 4.76. The lowest BCUT2D eigenvalue weighted by atomic mass is 10.2. The Hall–Kier alpha value is -2.46. The molecule has 4 rings (SSSR count). The molecule has 3 heterocycles. The van der Waals surface area contributed by atoms with Crippen molar-refractivity contribution in [3.8, 4) is 22.1 Å². The molecule has 0 saturated carbocycles. The van der Waals surface area contributed by atoms with Gasteiger partial charge in [0.15, 0.2) is 0 Å². The van der Waals surface area contributed by atoms with Gasteiger partial charge in [-0.3, -0.25) is 14.6 Å². The number of thiophene rings is 1. The topological polar surface area (TPSA) is 66.9 Å². The molecular weight excluding hydrogens is 432 g/mol. The summed E-state index contributed by atoms with van der Waals surface area (Å²) in [4.78, 5) is 23.1. The molecule has 2 aromatic heterocycles. The van der Waals surface area contributed by atoms with Crippen molar-refractivity contribution >= 4 is 34.3 Å². The second kappa shape index (κ2) is 10.2. The molecule has 1 N–H and O–H groups in total. The first-order valence-corrected chi connectivity index (χ1v) is 11.9. The molecule has 0 unspecified atom stereocenters. The summed E-state index contributed by atoms with van der Waals surface area (Å²) in [7, 11) is 3.18. The number of aromatic nitrogens is 1. The van der Waals surface area contributed by atoms with Gasteiger partial charge in [-0.2, -0.15) is 0 Å². The Labute approximate surface area is 190 Å². The molecule has 1 fully saturated rings. The molecule has 1 aliphatic heterocycles. The van der Waals surface area contributed by atoms with Crippen LogP contribution in [0.15, 0.2) is 41.1 Å². The monoisotopic (exact) mass is 458 g/mol.